The summed E-state index contributed by atoms with van der Waals surface area (Å²) in [4.78, 5) is 0.610. The number of benzene rings is 1. The lowest BCUT2D eigenvalue weighted by molar-refractivity contribution is -0.138. The largest absolute Gasteiger partial charge is 0.416 e. The monoisotopic (exact) mass is 321 g/mol. The quantitative estimate of drug-likeness (QED) is 0.622. The second-order valence-corrected chi connectivity index (χ2v) is 6.93. The highest BCUT2D eigenvalue weighted by Gasteiger charge is 2.33. The van der Waals surface area contributed by atoms with Crippen molar-refractivity contribution >= 4 is 11.8 Å². The number of thioether (sulfide) groups is 1. The topological polar surface area (TPSA) is 21.3 Å². The van der Waals surface area contributed by atoms with Gasteiger partial charge in [-0.25, -0.2) is 0 Å². The molecule has 0 aromatic heterocycles. The minimum atomic E-state index is -4.34. The van der Waals surface area contributed by atoms with E-state index in [1.807, 2.05) is 20.8 Å². The molecule has 0 atom stereocenters. The first-order chi connectivity index (χ1) is 9.63. The Morgan fingerprint density at radius 1 is 1.19 bits per heavy atom. The molecule has 0 fully saturated rings. The van der Waals surface area contributed by atoms with E-state index in [4.69, 9.17) is 4.74 Å². The van der Waals surface area contributed by atoms with Crippen LogP contribution in [0.2, 0.25) is 0 Å². The van der Waals surface area contributed by atoms with Crippen molar-refractivity contribution in [3.63, 3.8) is 0 Å². The van der Waals surface area contributed by atoms with E-state index in [0.29, 0.717) is 17.3 Å². The number of nitrogens with one attached hydrogen (secondary N) is 1. The lowest BCUT2D eigenvalue weighted by atomic mass is 10.0. The third-order valence-electron chi connectivity index (χ3n) is 2.75. The molecule has 0 bridgehead atoms. The van der Waals surface area contributed by atoms with Gasteiger partial charge >= 0.3 is 6.18 Å². The molecule has 0 unspecified atom stereocenters. The van der Waals surface area contributed by atoms with E-state index in [-0.39, 0.29) is 17.6 Å². The first-order valence-corrected chi connectivity index (χ1v) is 7.69. The Labute approximate surface area is 128 Å². The van der Waals surface area contributed by atoms with Crippen molar-refractivity contribution in [1.82, 2.24) is 5.32 Å². The Balaban J connectivity index is 2.92. The molecule has 0 aliphatic rings. The van der Waals surface area contributed by atoms with Gasteiger partial charge in [-0.05, 0) is 38.5 Å². The predicted molar refractivity (Wildman–Crippen MR) is 80.6 cm³/mol. The molecule has 1 rings (SSSR count). The molecule has 6 heteroatoms. The van der Waals surface area contributed by atoms with Crippen molar-refractivity contribution in [1.29, 1.82) is 0 Å². The maximum absolute atomic E-state index is 13.2. The molecule has 1 aromatic rings. The summed E-state index contributed by atoms with van der Waals surface area (Å²) in [5.74, 6) is 0.632. The van der Waals surface area contributed by atoms with Crippen LogP contribution >= 0.6 is 11.8 Å². The number of alkyl halides is 3. The standard InChI is InChI=1S/C15H22F3NOS/c1-14(2,3)19-10-11-5-6-12(21-8-7-20-4)9-13(11)15(16,17)18/h5-6,9,19H,7-8,10H2,1-4H3. The molecule has 0 radical (unpaired) electrons. The summed E-state index contributed by atoms with van der Waals surface area (Å²) in [6.45, 7) is 6.49. The molecule has 0 amide bonds. The number of halogens is 3. The molecule has 0 aliphatic carbocycles. The third-order valence-corrected chi connectivity index (χ3v) is 3.71. The zero-order chi connectivity index (χ0) is 16.1. The lowest BCUT2D eigenvalue weighted by Gasteiger charge is -2.22. The predicted octanol–water partition coefficient (Wildman–Crippen LogP) is 4.33. The van der Waals surface area contributed by atoms with Crippen molar-refractivity contribution in [3.05, 3.63) is 29.3 Å². The highest BCUT2D eigenvalue weighted by molar-refractivity contribution is 7.99. The van der Waals surface area contributed by atoms with E-state index in [2.05, 4.69) is 5.32 Å². The molecule has 2 nitrogen and oxygen atoms in total. The zero-order valence-corrected chi connectivity index (χ0v) is 13.6. The molecule has 120 valence electrons. The second kappa shape index (κ2) is 7.51. The van der Waals surface area contributed by atoms with Crippen LogP contribution in [0.5, 0.6) is 0 Å². The molecule has 1 N–H and O–H groups in total. The van der Waals surface area contributed by atoms with Gasteiger partial charge in [0, 0.05) is 29.8 Å². The second-order valence-electron chi connectivity index (χ2n) is 5.76. The van der Waals surface area contributed by atoms with Crippen LogP contribution in [-0.4, -0.2) is 25.0 Å². The van der Waals surface area contributed by atoms with Gasteiger partial charge < -0.3 is 10.1 Å². The van der Waals surface area contributed by atoms with Crippen LogP contribution in [0.25, 0.3) is 0 Å². The van der Waals surface area contributed by atoms with E-state index in [1.54, 1.807) is 19.2 Å². The fourth-order valence-electron chi connectivity index (χ4n) is 1.67. The zero-order valence-electron chi connectivity index (χ0n) is 12.8. The summed E-state index contributed by atoms with van der Waals surface area (Å²) in [5.41, 5.74) is -0.524. The average molecular weight is 321 g/mol. The van der Waals surface area contributed by atoms with Gasteiger partial charge in [0.2, 0.25) is 0 Å². The summed E-state index contributed by atoms with van der Waals surface area (Å²) < 4.78 is 44.4. The molecule has 0 aliphatic heterocycles. The normalized spacial score (nSPS) is 12.7. The molecule has 0 saturated heterocycles. The molecular formula is C15H22F3NOS. The van der Waals surface area contributed by atoms with Crippen molar-refractivity contribution in [3.8, 4) is 0 Å². The summed E-state index contributed by atoms with van der Waals surface area (Å²) in [6, 6.07) is 4.51. The van der Waals surface area contributed by atoms with E-state index >= 15 is 0 Å². The van der Waals surface area contributed by atoms with Crippen LogP contribution < -0.4 is 5.32 Å². The molecule has 0 heterocycles. The van der Waals surface area contributed by atoms with Crippen LogP contribution in [0.15, 0.2) is 23.1 Å². The first-order valence-electron chi connectivity index (χ1n) is 6.70. The van der Waals surface area contributed by atoms with Crippen molar-refractivity contribution < 1.29 is 17.9 Å². The van der Waals surface area contributed by atoms with Crippen molar-refractivity contribution in [2.75, 3.05) is 19.5 Å². The fraction of sp³-hybridized carbons (Fsp3) is 0.600. The van der Waals surface area contributed by atoms with Crippen molar-refractivity contribution in [2.45, 2.75) is 43.9 Å². The minimum Gasteiger partial charge on any atom is -0.384 e. The van der Waals surface area contributed by atoms with Crippen LogP contribution in [-0.2, 0) is 17.5 Å². The van der Waals surface area contributed by atoms with E-state index in [0.717, 1.165) is 0 Å². The first kappa shape index (κ1) is 18.3. The van der Waals surface area contributed by atoms with E-state index < -0.39 is 11.7 Å². The number of methoxy groups -OCH3 is 1. The summed E-state index contributed by atoms with van der Waals surface area (Å²) >= 11 is 1.36. The smallest absolute Gasteiger partial charge is 0.384 e. The maximum atomic E-state index is 13.2. The van der Waals surface area contributed by atoms with Gasteiger partial charge in [0.05, 0.1) is 12.2 Å². The fourth-order valence-corrected chi connectivity index (χ4v) is 2.52. The van der Waals surface area contributed by atoms with Gasteiger partial charge in [0.25, 0.3) is 0 Å². The highest BCUT2D eigenvalue weighted by atomic mass is 32.2. The SMILES string of the molecule is COCCSc1ccc(CNC(C)(C)C)c(C(F)(F)F)c1. The van der Waals surface area contributed by atoms with Gasteiger partial charge in [-0.15, -0.1) is 11.8 Å². The average Bonchev–Trinajstić information content (AvgIpc) is 2.35. The highest BCUT2D eigenvalue weighted by Crippen LogP contribution is 2.35. The van der Waals surface area contributed by atoms with E-state index in [9.17, 15) is 13.2 Å². The Hall–Kier alpha value is -0.720. The van der Waals surface area contributed by atoms with Crippen LogP contribution in [0.1, 0.15) is 31.9 Å². The number of ether oxygens (including phenoxy) is 1. The summed E-state index contributed by atoms with van der Waals surface area (Å²) in [6.07, 6.45) is -4.34. The van der Waals surface area contributed by atoms with Crippen LogP contribution in [0.4, 0.5) is 13.2 Å². The molecular weight excluding hydrogens is 299 g/mol. The minimum absolute atomic E-state index is 0.196. The van der Waals surface area contributed by atoms with Gasteiger partial charge in [0.15, 0.2) is 0 Å². The Kier molecular flexibility index (Phi) is 6.56. The van der Waals surface area contributed by atoms with Crippen molar-refractivity contribution in [2.24, 2.45) is 0 Å². The molecule has 21 heavy (non-hydrogen) atoms. The van der Waals surface area contributed by atoms with Crippen LogP contribution in [0, 0.1) is 0 Å². The number of hydrogen-bond donors (Lipinski definition) is 1. The van der Waals surface area contributed by atoms with Gasteiger partial charge in [-0.3, -0.25) is 0 Å². The summed E-state index contributed by atoms with van der Waals surface area (Å²) in [5, 5.41) is 3.10. The van der Waals surface area contributed by atoms with E-state index in [1.165, 1.54) is 17.8 Å². The Morgan fingerprint density at radius 3 is 2.38 bits per heavy atom. The number of hydrogen-bond acceptors (Lipinski definition) is 3. The van der Waals surface area contributed by atoms with Crippen LogP contribution in [0.3, 0.4) is 0 Å². The molecule has 0 spiro atoms. The summed E-state index contributed by atoms with van der Waals surface area (Å²) in [7, 11) is 1.57. The van der Waals surface area contributed by atoms with Gasteiger partial charge in [-0.1, -0.05) is 6.07 Å². The molecule has 1 aromatic carbocycles. The maximum Gasteiger partial charge on any atom is 0.416 e. The van der Waals surface area contributed by atoms with Gasteiger partial charge in [0.1, 0.15) is 0 Å². The van der Waals surface area contributed by atoms with Gasteiger partial charge in [-0.2, -0.15) is 13.2 Å². The Morgan fingerprint density at radius 2 is 1.86 bits per heavy atom. The number of rotatable bonds is 6. The Bertz CT molecular complexity index is 455. The third kappa shape index (κ3) is 6.72. The molecule has 0 saturated carbocycles. The lowest BCUT2D eigenvalue weighted by Crippen LogP contribution is -2.35.